The van der Waals surface area contributed by atoms with Crippen molar-refractivity contribution in [1.29, 1.82) is 0 Å². The van der Waals surface area contributed by atoms with Gasteiger partial charge in [0, 0.05) is 0 Å². The van der Waals surface area contributed by atoms with Gasteiger partial charge < -0.3 is 0 Å². The van der Waals surface area contributed by atoms with Crippen molar-refractivity contribution in [1.82, 2.24) is 0 Å². The van der Waals surface area contributed by atoms with Crippen LogP contribution in [-0.4, -0.2) is 12.3 Å². The third-order valence-corrected chi connectivity index (χ3v) is 7.15. The van der Waals surface area contributed by atoms with E-state index < -0.39 is 0 Å². The molecule has 0 nitrogen and oxygen atoms in total. The van der Waals surface area contributed by atoms with Crippen molar-refractivity contribution in [3.8, 4) is 0 Å². The molecule has 0 amide bonds. The zero-order chi connectivity index (χ0) is 16.1. The van der Waals surface area contributed by atoms with Crippen LogP contribution < -0.4 is 5.30 Å². The third kappa shape index (κ3) is 3.82. The van der Waals surface area contributed by atoms with Gasteiger partial charge in [-0.25, -0.2) is 0 Å². The maximum Gasteiger partial charge on any atom is -0.00287 e. The van der Waals surface area contributed by atoms with Crippen molar-refractivity contribution in [2.75, 3.05) is 12.3 Å². The molecule has 23 heavy (non-hydrogen) atoms. The first-order chi connectivity index (χ1) is 11.3. The largest absolute Gasteiger partial charge is 0.0765 e. The Hall–Kier alpha value is -1.65. The Morgan fingerprint density at radius 1 is 0.870 bits per heavy atom. The minimum absolute atomic E-state index is 0.0146. The van der Waals surface area contributed by atoms with Gasteiger partial charge >= 0.3 is 0 Å². The van der Waals surface area contributed by atoms with Crippen LogP contribution in [0.3, 0.4) is 0 Å². The van der Waals surface area contributed by atoms with E-state index in [2.05, 4.69) is 80.6 Å². The average molecular weight is 320 g/mol. The molecule has 3 rings (SSSR count). The molecule has 0 saturated carbocycles. The number of hydrogen-bond donors (Lipinski definition) is 0. The van der Waals surface area contributed by atoms with Crippen LogP contribution in [0.1, 0.15) is 31.4 Å². The van der Waals surface area contributed by atoms with E-state index >= 15 is 0 Å². The molecule has 0 saturated heterocycles. The summed E-state index contributed by atoms with van der Waals surface area (Å²) in [7, 11) is -0.0146. The Balaban J connectivity index is 1.83. The van der Waals surface area contributed by atoms with E-state index in [0.717, 1.165) is 12.8 Å². The van der Waals surface area contributed by atoms with Crippen molar-refractivity contribution >= 4 is 18.8 Å². The predicted octanol–water partition coefficient (Wildman–Crippen LogP) is 5.79. The lowest BCUT2D eigenvalue weighted by molar-refractivity contribution is 1.20. The summed E-state index contributed by atoms with van der Waals surface area (Å²) in [5, 5.41) is 1.59. The summed E-state index contributed by atoms with van der Waals surface area (Å²) >= 11 is 0. The summed E-state index contributed by atoms with van der Waals surface area (Å²) in [6, 6.07) is 19.8. The second-order valence-electron chi connectivity index (χ2n) is 6.00. The first-order valence-electron chi connectivity index (χ1n) is 8.59. The molecule has 0 heterocycles. The van der Waals surface area contributed by atoms with Gasteiger partial charge in [-0.3, -0.25) is 0 Å². The summed E-state index contributed by atoms with van der Waals surface area (Å²) in [6.07, 6.45) is 9.50. The molecule has 0 fully saturated rings. The lowest BCUT2D eigenvalue weighted by Crippen LogP contribution is -2.10. The lowest BCUT2D eigenvalue weighted by Gasteiger charge is -2.18. The zero-order valence-corrected chi connectivity index (χ0v) is 15.0. The van der Waals surface area contributed by atoms with Crippen LogP contribution in [-0.2, 0) is 6.42 Å². The topological polar surface area (TPSA) is 0 Å². The van der Waals surface area contributed by atoms with Crippen LogP contribution in [0.4, 0.5) is 0 Å². The normalized spacial score (nSPS) is 14.0. The van der Waals surface area contributed by atoms with Crippen LogP contribution in [0, 0.1) is 0 Å². The van der Waals surface area contributed by atoms with E-state index in [0.29, 0.717) is 0 Å². The van der Waals surface area contributed by atoms with Gasteiger partial charge in [-0.2, -0.15) is 0 Å². The molecule has 0 aromatic heterocycles. The van der Waals surface area contributed by atoms with E-state index in [-0.39, 0.29) is 7.92 Å². The maximum atomic E-state index is 2.42. The van der Waals surface area contributed by atoms with Crippen molar-refractivity contribution in [3.05, 3.63) is 83.4 Å². The van der Waals surface area contributed by atoms with Gasteiger partial charge in [-0.1, -0.05) is 88.5 Å². The molecule has 118 valence electrons. The third-order valence-electron chi connectivity index (χ3n) is 4.55. The Morgan fingerprint density at radius 3 is 2.30 bits per heavy atom. The van der Waals surface area contributed by atoms with Crippen molar-refractivity contribution in [2.45, 2.75) is 26.7 Å². The van der Waals surface area contributed by atoms with Crippen molar-refractivity contribution in [3.63, 3.8) is 0 Å². The summed E-state index contributed by atoms with van der Waals surface area (Å²) in [4.78, 5) is 0. The molecule has 2 aromatic rings. The molecule has 1 heteroatoms. The van der Waals surface area contributed by atoms with Crippen LogP contribution >= 0.6 is 7.92 Å². The molecule has 2 aromatic carbocycles. The van der Waals surface area contributed by atoms with Gasteiger partial charge in [0.25, 0.3) is 0 Å². The van der Waals surface area contributed by atoms with Gasteiger partial charge in [-0.15, -0.1) is 0 Å². The molecule has 0 N–H and O–H groups in total. The highest BCUT2D eigenvalue weighted by atomic mass is 31.1. The van der Waals surface area contributed by atoms with Gasteiger partial charge in [0.1, 0.15) is 0 Å². The van der Waals surface area contributed by atoms with Crippen molar-refractivity contribution < 1.29 is 0 Å². The van der Waals surface area contributed by atoms with Crippen LogP contribution in [0.2, 0.25) is 0 Å². The first kappa shape index (κ1) is 16.2. The van der Waals surface area contributed by atoms with Crippen LogP contribution in [0.25, 0.3) is 5.57 Å². The standard InChI is InChI=1S/C22H25P/c1-3-23(4-2)22-13-9-8-12-21(22)20-15-14-19(17-20)16-18-10-6-5-7-11-18/h5-14,17H,3-4,15-16H2,1-2H3. The minimum Gasteiger partial charge on any atom is -0.0765 e. The summed E-state index contributed by atoms with van der Waals surface area (Å²) in [5.74, 6) is 0. The van der Waals surface area contributed by atoms with E-state index in [1.165, 1.54) is 34.6 Å². The number of allylic oxidation sites excluding steroid dienone is 4. The first-order valence-corrected chi connectivity index (χ1v) is 10.3. The Morgan fingerprint density at radius 2 is 1.57 bits per heavy atom. The number of hydrogen-bond acceptors (Lipinski definition) is 0. The van der Waals surface area contributed by atoms with Crippen LogP contribution in [0.5, 0.6) is 0 Å². The summed E-state index contributed by atoms with van der Waals surface area (Å²) < 4.78 is 0. The molecule has 0 aliphatic heterocycles. The summed E-state index contributed by atoms with van der Waals surface area (Å²) in [6.45, 7) is 4.65. The average Bonchev–Trinajstić information content (AvgIpc) is 3.06. The highest BCUT2D eigenvalue weighted by Crippen LogP contribution is 2.38. The highest BCUT2D eigenvalue weighted by Gasteiger charge is 2.16. The van der Waals surface area contributed by atoms with Gasteiger partial charge in [-0.05, 0) is 52.7 Å². The van der Waals surface area contributed by atoms with Gasteiger partial charge in [0.2, 0.25) is 0 Å². The smallest absolute Gasteiger partial charge is 0.00287 e. The van der Waals surface area contributed by atoms with Crippen LogP contribution in [0.15, 0.2) is 72.3 Å². The predicted molar refractivity (Wildman–Crippen MR) is 105 cm³/mol. The molecule has 0 spiro atoms. The Bertz CT molecular complexity index is 706. The number of rotatable bonds is 6. The monoisotopic (exact) mass is 320 g/mol. The lowest BCUT2D eigenvalue weighted by atomic mass is 10.0. The van der Waals surface area contributed by atoms with Gasteiger partial charge in [0.15, 0.2) is 0 Å². The van der Waals surface area contributed by atoms with E-state index in [9.17, 15) is 0 Å². The molecule has 0 unspecified atom stereocenters. The molecule has 0 atom stereocenters. The van der Waals surface area contributed by atoms with Crippen molar-refractivity contribution in [2.24, 2.45) is 0 Å². The second-order valence-corrected chi connectivity index (χ2v) is 8.83. The van der Waals surface area contributed by atoms with E-state index in [4.69, 9.17) is 0 Å². The Labute approximate surface area is 141 Å². The molecular formula is C22H25P. The fraction of sp³-hybridized carbons (Fsp3) is 0.273. The van der Waals surface area contributed by atoms with Gasteiger partial charge in [0.05, 0.1) is 0 Å². The van der Waals surface area contributed by atoms with E-state index in [1.54, 1.807) is 5.30 Å². The molecule has 0 radical (unpaired) electrons. The zero-order valence-electron chi connectivity index (χ0n) is 14.1. The fourth-order valence-corrected chi connectivity index (χ4v) is 5.29. The summed E-state index contributed by atoms with van der Waals surface area (Å²) in [5.41, 5.74) is 5.84. The van der Waals surface area contributed by atoms with E-state index in [1.807, 2.05) is 0 Å². The molecule has 1 aliphatic carbocycles. The molecular weight excluding hydrogens is 295 g/mol. The SMILES string of the molecule is CCP(CC)c1ccccc1C1=CC(Cc2ccccc2)=CC1. The second kappa shape index (κ2) is 7.75. The highest BCUT2D eigenvalue weighted by molar-refractivity contribution is 7.65. The maximum absolute atomic E-state index is 2.42. The molecule has 0 bridgehead atoms. The molecule has 1 aliphatic rings. The Kier molecular flexibility index (Phi) is 5.47. The minimum atomic E-state index is -0.0146. The number of benzene rings is 2. The quantitative estimate of drug-likeness (QED) is 0.591. The fourth-order valence-electron chi connectivity index (χ4n) is 3.31.